The molecule has 0 radical (unpaired) electrons. The zero-order valence-electron chi connectivity index (χ0n) is 18.9. The number of nitrogens with zero attached hydrogens (tertiary/aromatic N) is 3. The highest BCUT2D eigenvalue weighted by Gasteiger charge is 2.18. The van der Waals surface area contributed by atoms with Crippen LogP contribution in [0, 0.1) is 25.2 Å². The molecule has 0 saturated carbocycles. The van der Waals surface area contributed by atoms with Gasteiger partial charge in [-0.3, -0.25) is 14.0 Å². The van der Waals surface area contributed by atoms with E-state index in [0.29, 0.717) is 37.6 Å². The number of aromatic nitrogens is 2. The van der Waals surface area contributed by atoms with Crippen molar-refractivity contribution >= 4 is 17.6 Å². The Hall–Kier alpha value is -3.96. The van der Waals surface area contributed by atoms with Crippen molar-refractivity contribution in [3.63, 3.8) is 0 Å². The Labute approximate surface area is 192 Å². The van der Waals surface area contributed by atoms with Crippen LogP contribution >= 0.6 is 0 Å². The number of pyridine rings is 1. The van der Waals surface area contributed by atoms with E-state index >= 15 is 0 Å². The molecule has 3 rings (SSSR count). The third kappa shape index (κ3) is 5.64. The summed E-state index contributed by atoms with van der Waals surface area (Å²) in [5.74, 6) is -0.0269. The predicted molar refractivity (Wildman–Crippen MR) is 125 cm³/mol. The van der Waals surface area contributed by atoms with E-state index in [1.807, 2.05) is 51.1 Å². The predicted octanol–water partition coefficient (Wildman–Crippen LogP) is 3.55. The molecule has 8 heteroatoms. The number of hydrogen-bond donors (Lipinski definition) is 1. The number of rotatable bonds is 9. The van der Waals surface area contributed by atoms with E-state index in [0.717, 1.165) is 11.1 Å². The van der Waals surface area contributed by atoms with Crippen molar-refractivity contribution in [1.82, 2.24) is 14.7 Å². The average Bonchev–Trinajstić information content (AvgIpc) is 2.81. The van der Waals surface area contributed by atoms with Crippen LogP contribution in [0.15, 0.2) is 53.0 Å². The van der Waals surface area contributed by atoms with Gasteiger partial charge in [0.25, 0.3) is 11.5 Å². The molecule has 1 amide bonds. The molecule has 1 aromatic carbocycles. The number of carbonyl (C=O) groups is 1. The lowest BCUT2D eigenvalue weighted by molar-refractivity contribution is -0.117. The first kappa shape index (κ1) is 23.7. The van der Waals surface area contributed by atoms with E-state index in [2.05, 4.69) is 10.3 Å². The lowest BCUT2D eigenvalue weighted by atomic mass is 10.1. The second-order valence-electron chi connectivity index (χ2n) is 7.36. The summed E-state index contributed by atoms with van der Waals surface area (Å²) in [6, 6.07) is 12.8. The van der Waals surface area contributed by atoms with Gasteiger partial charge in [-0.1, -0.05) is 24.3 Å². The summed E-state index contributed by atoms with van der Waals surface area (Å²) in [5.41, 5.74) is 1.43. The van der Waals surface area contributed by atoms with Crippen molar-refractivity contribution in [2.24, 2.45) is 0 Å². The van der Waals surface area contributed by atoms with Gasteiger partial charge >= 0.3 is 0 Å². The smallest absolute Gasteiger partial charge is 0.269 e. The molecule has 170 valence electrons. The minimum absolute atomic E-state index is 0.0161. The normalized spacial score (nSPS) is 11.3. The molecule has 0 aliphatic carbocycles. The van der Waals surface area contributed by atoms with Crippen molar-refractivity contribution in [3.05, 3.63) is 75.2 Å². The molecule has 0 bridgehead atoms. The topological polar surface area (TPSA) is 106 Å². The van der Waals surface area contributed by atoms with E-state index in [1.54, 1.807) is 18.3 Å². The largest absolute Gasteiger partial charge is 0.438 e. The van der Waals surface area contributed by atoms with Crippen molar-refractivity contribution in [2.75, 3.05) is 19.8 Å². The molecule has 3 aromatic rings. The highest BCUT2D eigenvalue weighted by Crippen LogP contribution is 2.27. The van der Waals surface area contributed by atoms with Crippen molar-refractivity contribution in [2.45, 2.75) is 27.2 Å². The Kier molecular flexibility index (Phi) is 7.95. The van der Waals surface area contributed by atoms with Gasteiger partial charge in [-0.25, -0.2) is 0 Å². The monoisotopic (exact) mass is 446 g/mol. The van der Waals surface area contributed by atoms with Gasteiger partial charge < -0.3 is 14.8 Å². The summed E-state index contributed by atoms with van der Waals surface area (Å²) < 4.78 is 12.6. The molecule has 0 spiro atoms. The van der Waals surface area contributed by atoms with Gasteiger partial charge in [0, 0.05) is 26.0 Å². The van der Waals surface area contributed by atoms with Gasteiger partial charge in [0.1, 0.15) is 28.6 Å². The van der Waals surface area contributed by atoms with E-state index in [4.69, 9.17) is 9.47 Å². The summed E-state index contributed by atoms with van der Waals surface area (Å²) in [7, 11) is 0. The molecule has 0 fully saturated rings. The van der Waals surface area contributed by atoms with Gasteiger partial charge in [-0.15, -0.1) is 0 Å². The molecule has 0 saturated heterocycles. The van der Waals surface area contributed by atoms with Gasteiger partial charge in [0.05, 0.1) is 0 Å². The Balaban J connectivity index is 2.05. The minimum Gasteiger partial charge on any atom is -0.438 e. The summed E-state index contributed by atoms with van der Waals surface area (Å²) in [6.07, 6.45) is 3.43. The van der Waals surface area contributed by atoms with Crippen LogP contribution in [0.1, 0.15) is 30.0 Å². The molecular weight excluding hydrogens is 420 g/mol. The fraction of sp³-hybridized carbons (Fsp3) is 0.280. The number of aryl methyl sites for hydroxylation is 2. The Morgan fingerprint density at radius 1 is 1.21 bits per heavy atom. The van der Waals surface area contributed by atoms with Crippen LogP contribution < -0.4 is 15.6 Å². The van der Waals surface area contributed by atoms with Crippen molar-refractivity contribution in [3.8, 4) is 17.7 Å². The van der Waals surface area contributed by atoms with Crippen molar-refractivity contribution in [1.29, 1.82) is 5.26 Å². The fourth-order valence-corrected chi connectivity index (χ4v) is 3.18. The first-order valence-corrected chi connectivity index (χ1v) is 10.7. The summed E-state index contributed by atoms with van der Waals surface area (Å²) in [6.45, 7) is 7.05. The average molecular weight is 447 g/mol. The molecule has 0 unspecified atom stereocenters. The maximum atomic E-state index is 13.3. The molecule has 33 heavy (non-hydrogen) atoms. The Bertz CT molecular complexity index is 1290. The van der Waals surface area contributed by atoms with Gasteiger partial charge in [-0.2, -0.15) is 10.2 Å². The minimum atomic E-state index is -0.579. The maximum Gasteiger partial charge on any atom is 0.269 e. The van der Waals surface area contributed by atoms with Gasteiger partial charge in [0.15, 0.2) is 0 Å². The molecule has 2 aromatic heterocycles. The Morgan fingerprint density at radius 2 is 1.97 bits per heavy atom. The standard InChI is InChI=1S/C25H26N4O4/c1-4-32-14-8-12-27-23(30)19(16-26)15-20-24(33-21-11-6-5-9-17(21)2)28-22-18(3)10-7-13-29(22)25(20)31/h5-7,9-11,13,15H,4,8,12,14H2,1-3H3,(H,27,30). The quantitative estimate of drug-likeness (QED) is 0.306. The number of benzene rings is 1. The summed E-state index contributed by atoms with van der Waals surface area (Å²) in [5, 5.41) is 12.3. The number of nitriles is 1. The number of para-hydroxylation sites is 1. The van der Waals surface area contributed by atoms with Crippen LogP contribution in [0.2, 0.25) is 0 Å². The summed E-state index contributed by atoms with van der Waals surface area (Å²) in [4.78, 5) is 30.4. The number of amides is 1. The van der Waals surface area contributed by atoms with Crippen LogP contribution in [0.4, 0.5) is 0 Å². The number of fused-ring (bicyclic) bond motifs is 1. The molecular formula is C25H26N4O4. The van der Waals surface area contributed by atoms with E-state index in [9.17, 15) is 14.9 Å². The number of carbonyl (C=O) groups excluding carboxylic acids is 1. The third-order valence-corrected chi connectivity index (χ3v) is 4.96. The van der Waals surface area contributed by atoms with Crippen LogP contribution in [-0.4, -0.2) is 35.1 Å². The molecule has 8 nitrogen and oxygen atoms in total. The molecule has 0 atom stereocenters. The zero-order valence-corrected chi connectivity index (χ0v) is 18.9. The Morgan fingerprint density at radius 3 is 2.70 bits per heavy atom. The van der Waals surface area contributed by atoms with E-state index in [-0.39, 0.29) is 17.0 Å². The fourth-order valence-electron chi connectivity index (χ4n) is 3.18. The molecule has 0 aliphatic rings. The highest BCUT2D eigenvalue weighted by molar-refractivity contribution is 6.01. The molecule has 2 heterocycles. The number of hydrogen-bond acceptors (Lipinski definition) is 6. The lowest BCUT2D eigenvalue weighted by Crippen LogP contribution is -2.27. The second kappa shape index (κ2) is 11.1. The SMILES string of the molecule is CCOCCCNC(=O)C(C#N)=Cc1c(Oc2ccccc2C)nc2c(C)cccn2c1=O. The third-order valence-electron chi connectivity index (χ3n) is 4.96. The van der Waals surface area contributed by atoms with Crippen LogP contribution in [0.25, 0.3) is 11.7 Å². The first-order valence-electron chi connectivity index (χ1n) is 10.7. The first-order chi connectivity index (χ1) is 16.0. The second-order valence-corrected chi connectivity index (χ2v) is 7.36. The van der Waals surface area contributed by atoms with E-state index in [1.165, 1.54) is 10.5 Å². The maximum absolute atomic E-state index is 13.3. The van der Waals surface area contributed by atoms with Gasteiger partial charge in [0.2, 0.25) is 5.88 Å². The summed E-state index contributed by atoms with van der Waals surface area (Å²) >= 11 is 0. The highest BCUT2D eigenvalue weighted by atomic mass is 16.5. The van der Waals surface area contributed by atoms with Crippen LogP contribution in [0.3, 0.4) is 0 Å². The van der Waals surface area contributed by atoms with Crippen LogP contribution in [0.5, 0.6) is 11.6 Å². The lowest BCUT2D eigenvalue weighted by Gasteiger charge is -2.13. The zero-order chi connectivity index (χ0) is 23.8. The number of nitrogens with one attached hydrogen (secondary N) is 1. The number of ether oxygens (including phenoxy) is 2. The van der Waals surface area contributed by atoms with Gasteiger partial charge in [-0.05, 0) is 56.5 Å². The van der Waals surface area contributed by atoms with E-state index < -0.39 is 11.5 Å². The van der Waals surface area contributed by atoms with Crippen LogP contribution in [-0.2, 0) is 9.53 Å². The molecule has 0 aliphatic heterocycles. The van der Waals surface area contributed by atoms with Crippen molar-refractivity contribution < 1.29 is 14.3 Å². The molecule has 1 N–H and O–H groups in total.